The third-order valence-electron chi connectivity index (χ3n) is 12.3. The fourth-order valence-corrected chi connectivity index (χ4v) is 13.6. The Labute approximate surface area is 385 Å². The van der Waals surface area contributed by atoms with Crippen LogP contribution < -0.4 is 9.80 Å². The van der Waals surface area contributed by atoms with E-state index in [0.29, 0.717) is 29.0 Å². The van der Waals surface area contributed by atoms with Gasteiger partial charge >= 0.3 is 364 Å². The Bertz CT molecular complexity index is 3330. The molecule has 0 bridgehead atoms. The molecule has 2 aromatic heterocycles. The Hall–Kier alpha value is -7.16. The maximum absolute atomic E-state index is 2.38. The molecule has 0 saturated heterocycles. The van der Waals surface area contributed by atoms with Gasteiger partial charge in [-0.3, -0.25) is 0 Å². The SMILES string of the molecule is c1ccc(N(c2ccc(-c3ccc(N(c4ccccc4)c4ccc(-c5ccc6[se]c7ccccc7c6c5)cc4)cc3)cc2)c2ccc(-c3ccc4[se]c5ccccc5c4c3)cc2)cc1. The van der Waals surface area contributed by atoms with E-state index < -0.39 is 0 Å². The van der Waals surface area contributed by atoms with Crippen molar-refractivity contribution < 1.29 is 0 Å². The van der Waals surface area contributed by atoms with Gasteiger partial charge in [-0.1, -0.05) is 12.1 Å². The Balaban J connectivity index is 0.819. The summed E-state index contributed by atoms with van der Waals surface area (Å²) in [6.45, 7) is 0. The van der Waals surface area contributed by atoms with Crippen molar-refractivity contribution in [3.05, 3.63) is 243 Å². The molecule has 0 aliphatic carbocycles. The van der Waals surface area contributed by atoms with Gasteiger partial charge in [-0.25, -0.2) is 0 Å². The summed E-state index contributed by atoms with van der Waals surface area (Å²) in [6.07, 6.45) is 0. The van der Waals surface area contributed by atoms with Crippen molar-refractivity contribution in [2.75, 3.05) is 9.80 Å². The molecule has 0 fully saturated rings. The van der Waals surface area contributed by atoms with Crippen LogP contribution in [0.4, 0.5) is 34.1 Å². The molecule has 0 radical (unpaired) electrons. The number of para-hydroxylation sites is 2. The molecular formula is C60H40N2Se2. The second-order valence-corrected chi connectivity index (χ2v) is 20.7. The number of nitrogens with zero attached hydrogens (tertiary/aromatic N) is 2. The van der Waals surface area contributed by atoms with E-state index in [4.69, 9.17) is 0 Å². The predicted molar refractivity (Wildman–Crippen MR) is 276 cm³/mol. The van der Waals surface area contributed by atoms with Gasteiger partial charge in [0.1, 0.15) is 0 Å². The first-order chi connectivity index (χ1) is 31.7. The fraction of sp³-hybridized carbons (Fsp3) is 0. The van der Waals surface area contributed by atoms with Gasteiger partial charge in [-0.2, -0.15) is 0 Å². The van der Waals surface area contributed by atoms with E-state index in [2.05, 4.69) is 252 Å². The fourth-order valence-electron chi connectivity index (χ4n) is 9.07. The normalized spacial score (nSPS) is 11.4. The van der Waals surface area contributed by atoms with Crippen molar-refractivity contribution in [3.63, 3.8) is 0 Å². The average molecular weight is 947 g/mol. The molecule has 0 amide bonds. The molecule has 2 nitrogen and oxygen atoms in total. The molecule has 10 aromatic carbocycles. The molecule has 0 saturated carbocycles. The van der Waals surface area contributed by atoms with Gasteiger partial charge in [-0.05, 0) is 11.1 Å². The summed E-state index contributed by atoms with van der Waals surface area (Å²) in [4.78, 5) is 4.68. The van der Waals surface area contributed by atoms with Crippen molar-refractivity contribution in [2.24, 2.45) is 0 Å². The molecule has 0 aliphatic rings. The predicted octanol–water partition coefficient (Wildman–Crippen LogP) is 16.4. The third kappa shape index (κ3) is 7.18. The van der Waals surface area contributed by atoms with Crippen LogP contribution in [0, 0.1) is 0 Å². The van der Waals surface area contributed by atoms with E-state index in [1.165, 1.54) is 72.0 Å². The van der Waals surface area contributed by atoms with Gasteiger partial charge in [-0.15, -0.1) is 0 Å². The summed E-state index contributed by atoms with van der Waals surface area (Å²) in [6, 6.07) is 89.0. The van der Waals surface area contributed by atoms with E-state index in [1.54, 1.807) is 0 Å². The van der Waals surface area contributed by atoms with Gasteiger partial charge < -0.3 is 0 Å². The Morgan fingerprint density at radius 2 is 0.469 bits per heavy atom. The number of hydrogen-bond acceptors (Lipinski definition) is 2. The van der Waals surface area contributed by atoms with Crippen molar-refractivity contribution in [2.45, 2.75) is 0 Å². The number of benzene rings is 10. The Kier molecular flexibility index (Phi) is 9.94. The van der Waals surface area contributed by atoms with E-state index >= 15 is 0 Å². The van der Waals surface area contributed by atoms with Gasteiger partial charge in [0.15, 0.2) is 0 Å². The van der Waals surface area contributed by atoms with Gasteiger partial charge in [0.25, 0.3) is 0 Å². The molecule has 12 aromatic rings. The summed E-state index contributed by atoms with van der Waals surface area (Å²) >= 11 is 0.750. The molecule has 0 N–H and O–H groups in total. The quantitative estimate of drug-likeness (QED) is 0.133. The first-order valence-corrected chi connectivity index (χ1v) is 25.1. The first kappa shape index (κ1) is 38.5. The molecule has 0 unspecified atom stereocenters. The molecule has 0 atom stereocenters. The van der Waals surface area contributed by atoms with Crippen LogP contribution in [-0.4, -0.2) is 29.0 Å². The van der Waals surface area contributed by atoms with Crippen LogP contribution in [0.2, 0.25) is 0 Å². The zero-order chi connectivity index (χ0) is 42.4. The van der Waals surface area contributed by atoms with Gasteiger partial charge in [0.2, 0.25) is 0 Å². The van der Waals surface area contributed by atoms with Crippen LogP contribution in [0.5, 0.6) is 0 Å². The summed E-state index contributed by atoms with van der Waals surface area (Å²) in [5, 5.41) is 5.55. The number of anilines is 6. The van der Waals surface area contributed by atoms with E-state index in [0.717, 1.165) is 34.1 Å². The molecule has 4 heteroatoms. The summed E-state index contributed by atoms with van der Waals surface area (Å²) in [5.41, 5.74) is 14.0. The van der Waals surface area contributed by atoms with Crippen LogP contribution in [0.15, 0.2) is 243 Å². The zero-order valence-electron chi connectivity index (χ0n) is 34.8. The van der Waals surface area contributed by atoms with E-state index in [9.17, 15) is 0 Å². The molecule has 64 heavy (non-hydrogen) atoms. The summed E-state index contributed by atoms with van der Waals surface area (Å²) in [7, 11) is 0. The van der Waals surface area contributed by atoms with Gasteiger partial charge in [0, 0.05) is 0 Å². The summed E-state index contributed by atoms with van der Waals surface area (Å²) < 4.78 is 5.89. The second-order valence-electron chi connectivity index (χ2n) is 16.1. The van der Waals surface area contributed by atoms with Crippen LogP contribution >= 0.6 is 0 Å². The second kappa shape index (κ2) is 16.5. The standard InChI is InChI=1S/C60H40N2Se2/c1-3-11-47(12-4-1)61(51-33-23-43(24-34-51)45-27-37-59-55(39-45)53-15-7-9-17-57(53)63-59)49-29-19-41(20-30-49)42-21-31-50(32-22-42)62(48-13-5-2-6-14-48)52-35-25-44(26-36-52)46-28-38-60-56(40-46)54-16-8-10-18-58(54)64-60/h1-40H. The Morgan fingerprint density at radius 3 is 0.828 bits per heavy atom. The maximum atomic E-state index is 2.38. The molecule has 302 valence electrons. The molecule has 0 spiro atoms. The zero-order valence-corrected chi connectivity index (χ0v) is 38.2. The number of hydrogen-bond donors (Lipinski definition) is 0. The molecule has 0 aliphatic heterocycles. The topological polar surface area (TPSA) is 6.48 Å². The van der Waals surface area contributed by atoms with Crippen molar-refractivity contribution in [1.29, 1.82) is 0 Å². The van der Waals surface area contributed by atoms with E-state index in [1.807, 2.05) is 0 Å². The van der Waals surface area contributed by atoms with Crippen molar-refractivity contribution in [1.82, 2.24) is 0 Å². The number of rotatable bonds is 9. The van der Waals surface area contributed by atoms with Crippen LogP contribution in [0.1, 0.15) is 0 Å². The third-order valence-corrected chi connectivity index (χ3v) is 17.1. The Morgan fingerprint density at radius 1 is 0.203 bits per heavy atom. The monoisotopic (exact) mass is 948 g/mol. The van der Waals surface area contributed by atoms with Crippen LogP contribution in [0.25, 0.3) is 72.0 Å². The average Bonchev–Trinajstić information content (AvgIpc) is 3.94. The number of fused-ring (bicyclic) bond motifs is 6. The van der Waals surface area contributed by atoms with Crippen LogP contribution in [-0.2, 0) is 0 Å². The molecule has 2 heterocycles. The summed E-state index contributed by atoms with van der Waals surface area (Å²) in [5.74, 6) is 0. The van der Waals surface area contributed by atoms with Crippen molar-refractivity contribution in [3.8, 4) is 33.4 Å². The minimum absolute atomic E-state index is 0.375. The van der Waals surface area contributed by atoms with Crippen LogP contribution in [0.3, 0.4) is 0 Å². The molecular weight excluding hydrogens is 907 g/mol. The van der Waals surface area contributed by atoms with Gasteiger partial charge in [0.05, 0.1) is 0 Å². The van der Waals surface area contributed by atoms with E-state index in [-0.39, 0.29) is 0 Å². The minimum atomic E-state index is 0.375. The first-order valence-electron chi connectivity index (χ1n) is 21.6. The van der Waals surface area contributed by atoms with Crippen molar-refractivity contribution >= 4 is 102 Å². The molecule has 12 rings (SSSR count).